The number of carbonyl (C=O) groups is 1. The van der Waals surface area contributed by atoms with Gasteiger partial charge >= 0.3 is 5.97 Å². The predicted molar refractivity (Wildman–Crippen MR) is 157 cm³/mol. The first-order valence-corrected chi connectivity index (χ1v) is 14.8. The average Bonchev–Trinajstić information content (AvgIpc) is 3.01. The average molecular weight is 549 g/mol. The van der Waals surface area contributed by atoms with E-state index in [0.29, 0.717) is 25.0 Å². The van der Waals surface area contributed by atoms with Gasteiger partial charge in [-0.3, -0.25) is 0 Å². The summed E-state index contributed by atoms with van der Waals surface area (Å²) in [6, 6.07) is 22.8. The molecule has 0 fully saturated rings. The van der Waals surface area contributed by atoms with E-state index >= 15 is 0 Å². The molecule has 0 aromatic heterocycles. The van der Waals surface area contributed by atoms with Crippen LogP contribution in [-0.2, 0) is 21.1 Å². The largest absolute Gasteiger partial charge is 0.496 e. The number of rotatable bonds is 9. The van der Waals surface area contributed by atoms with Crippen LogP contribution >= 0.6 is 0 Å². The van der Waals surface area contributed by atoms with E-state index in [2.05, 4.69) is 6.92 Å². The third-order valence-electron chi connectivity index (χ3n) is 7.46. The third kappa shape index (κ3) is 5.70. The number of anilines is 2. The quantitative estimate of drug-likeness (QED) is 0.242. The first-order chi connectivity index (χ1) is 18.7. The Bertz CT molecular complexity index is 1400. The van der Waals surface area contributed by atoms with Crippen molar-refractivity contribution in [3.05, 3.63) is 83.9 Å². The molecule has 0 saturated carbocycles. The lowest BCUT2D eigenvalue weighted by Gasteiger charge is -2.43. The molecule has 1 aliphatic heterocycles. The number of methoxy groups -OCH3 is 2. The molecule has 0 aliphatic carbocycles. The topological polar surface area (TPSA) is 76.1 Å². The summed E-state index contributed by atoms with van der Waals surface area (Å²) in [5, 5.41) is 0. The zero-order chi connectivity index (χ0) is 28.2. The van der Waals surface area contributed by atoms with Crippen LogP contribution in [0.1, 0.15) is 49.0 Å². The van der Waals surface area contributed by atoms with Crippen LogP contribution < -0.4 is 9.64 Å². The van der Waals surface area contributed by atoms with E-state index in [4.69, 9.17) is 9.47 Å². The highest BCUT2D eigenvalue weighted by molar-refractivity contribution is 7.90. The zero-order valence-electron chi connectivity index (χ0n) is 23.4. The van der Waals surface area contributed by atoms with E-state index in [-0.39, 0.29) is 23.1 Å². The van der Waals surface area contributed by atoms with Gasteiger partial charge in [-0.15, -0.1) is 0 Å². The van der Waals surface area contributed by atoms with Gasteiger partial charge in [0.1, 0.15) is 16.2 Å². The molecule has 3 aromatic carbocycles. The number of sulfonamides is 1. The van der Waals surface area contributed by atoms with E-state index in [9.17, 15) is 13.2 Å². The van der Waals surface area contributed by atoms with Crippen molar-refractivity contribution in [3.63, 3.8) is 0 Å². The number of para-hydroxylation sites is 1. The van der Waals surface area contributed by atoms with Gasteiger partial charge in [0.25, 0.3) is 0 Å². The van der Waals surface area contributed by atoms with Crippen LogP contribution in [0, 0.1) is 0 Å². The standard InChI is InChI=1S/C30H37BN2O5S/c1-6-7-18-30(2)22-32(24-16-12-9-13-17-24)26-20-27(37-4)25(29(34)38-5)19-28(26)39(35,36)33(30)31(3)21-23-14-10-8-11-15-23/h8-17,19-20H,6-7,18,21-22H2,1-5H3. The normalized spacial score (nSPS) is 18.6. The van der Waals surface area contributed by atoms with Crippen LogP contribution in [0.2, 0.25) is 6.82 Å². The van der Waals surface area contributed by atoms with Crippen LogP contribution in [0.5, 0.6) is 5.75 Å². The molecule has 39 heavy (non-hydrogen) atoms. The van der Waals surface area contributed by atoms with Crippen molar-refractivity contribution < 1.29 is 22.7 Å². The maximum absolute atomic E-state index is 14.8. The lowest BCUT2D eigenvalue weighted by molar-refractivity contribution is 0.0597. The highest BCUT2D eigenvalue weighted by atomic mass is 32.2. The molecule has 7 nitrogen and oxygen atoms in total. The van der Waals surface area contributed by atoms with Crippen LogP contribution in [0.25, 0.3) is 0 Å². The number of carbonyl (C=O) groups excluding carboxylic acids is 1. The van der Waals surface area contributed by atoms with Crippen molar-refractivity contribution in [1.29, 1.82) is 0 Å². The minimum atomic E-state index is -4.08. The number of nitrogens with zero attached hydrogens (tertiary/aromatic N) is 2. The maximum atomic E-state index is 14.8. The van der Waals surface area contributed by atoms with E-state index in [1.165, 1.54) is 20.3 Å². The van der Waals surface area contributed by atoms with E-state index < -0.39 is 21.5 Å². The molecule has 0 N–H and O–H groups in total. The number of benzene rings is 3. The molecule has 4 rings (SSSR count). The molecule has 1 aliphatic rings. The molecule has 1 heterocycles. The van der Waals surface area contributed by atoms with Gasteiger partial charge in [0.15, 0.2) is 0 Å². The molecule has 0 bridgehead atoms. The number of ether oxygens (including phenoxy) is 2. The summed E-state index contributed by atoms with van der Waals surface area (Å²) < 4.78 is 41.8. The van der Waals surface area contributed by atoms with E-state index in [1.54, 1.807) is 10.3 Å². The molecule has 1 atom stereocenters. The second-order valence-corrected chi connectivity index (χ2v) is 12.2. The first kappa shape index (κ1) is 28.7. The minimum Gasteiger partial charge on any atom is -0.496 e. The van der Waals surface area contributed by atoms with E-state index in [0.717, 1.165) is 24.1 Å². The third-order valence-corrected chi connectivity index (χ3v) is 9.66. The molecule has 0 saturated heterocycles. The Morgan fingerprint density at radius 3 is 2.26 bits per heavy atom. The molecule has 0 radical (unpaired) electrons. The van der Waals surface area contributed by atoms with Crippen LogP contribution in [-0.4, -0.2) is 51.8 Å². The Morgan fingerprint density at radius 1 is 1.03 bits per heavy atom. The van der Waals surface area contributed by atoms with Crippen molar-refractivity contribution in [2.24, 2.45) is 0 Å². The summed E-state index contributed by atoms with van der Waals surface area (Å²) in [6.45, 7) is 6.22. The Labute approximate surface area is 232 Å². The van der Waals surface area contributed by atoms with Gasteiger partial charge < -0.3 is 14.4 Å². The fourth-order valence-corrected chi connectivity index (χ4v) is 7.88. The second-order valence-electron chi connectivity index (χ2n) is 10.4. The molecule has 206 valence electrons. The molecule has 9 heteroatoms. The molecular formula is C30H37BN2O5S. The summed E-state index contributed by atoms with van der Waals surface area (Å²) >= 11 is 0. The van der Waals surface area contributed by atoms with Crippen LogP contribution in [0.15, 0.2) is 77.7 Å². The highest BCUT2D eigenvalue weighted by Gasteiger charge is 2.49. The Kier molecular flexibility index (Phi) is 8.71. The fraction of sp³-hybridized carbons (Fsp3) is 0.367. The fourth-order valence-electron chi connectivity index (χ4n) is 5.69. The van der Waals surface area contributed by atoms with Crippen molar-refractivity contribution in [1.82, 2.24) is 4.22 Å². The van der Waals surface area contributed by atoms with Crippen molar-refractivity contribution >= 4 is 34.2 Å². The van der Waals surface area contributed by atoms with E-state index in [1.807, 2.05) is 79.3 Å². The monoisotopic (exact) mass is 548 g/mol. The summed E-state index contributed by atoms with van der Waals surface area (Å²) in [4.78, 5) is 14.8. The van der Waals surface area contributed by atoms with Gasteiger partial charge in [-0.05, 0) is 37.9 Å². The molecule has 1 unspecified atom stereocenters. The predicted octanol–water partition coefficient (Wildman–Crippen LogP) is 5.98. The summed E-state index contributed by atoms with van der Waals surface area (Å²) in [7, 11) is -1.34. The van der Waals surface area contributed by atoms with Crippen LogP contribution in [0.4, 0.5) is 11.4 Å². The number of hydrogen-bond acceptors (Lipinski definition) is 6. The van der Waals surface area contributed by atoms with Gasteiger partial charge in [0.05, 0.1) is 19.9 Å². The molecule has 3 aromatic rings. The lowest BCUT2D eigenvalue weighted by Crippen LogP contribution is -2.59. The summed E-state index contributed by atoms with van der Waals surface area (Å²) in [5.41, 5.74) is 1.73. The van der Waals surface area contributed by atoms with Gasteiger partial charge in [0, 0.05) is 23.8 Å². The first-order valence-electron chi connectivity index (χ1n) is 13.4. The lowest BCUT2D eigenvalue weighted by atomic mass is 9.58. The van der Waals surface area contributed by atoms with Crippen molar-refractivity contribution in [2.45, 2.75) is 56.7 Å². The van der Waals surface area contributed by atoms with Gasteiger partial charge in [-0.25, -0.2) is 17.4 Å². The molecule has 0 spiro atoms. The maximum Gasteiger partial charge on any atom is 0.341 e. The summed E-state index contributed by atoms with van der Waals surface area (Å²) in [6.07, 6.45) is 3.05. The molecule has 0 amide bonds. The number of fused-ring (bicyclic) bond motifs is 1. The Morgan fingerprint density at radius 2 is 1.67 bits per heavy atom. The smallest absolute Gasteiger partial charge is 0.341 e. The Balaban J connectivity index is 2.00. The SMILES string of the molecule is CCCCC1(C)CN(c2ccccc2)c2cc(OC)c(C(=O)OC)cc2S(=O)(=O)N1B(C)Cc1ccccc1. The van der Waals surface area contributed by atoms with Gasteiger partial charge in [0.2, 0.25) is 16.9 Å². The van der Waals surface area contributed by atoms with Crippen molar-refractivity contribution in [3.8, 4) is 5.75 Å². The number of hydrogen-bond donors (Lipinski definition) is 0. The van der Waals surface area contributed by atoms with Crippen molar-refractivity contribution in [2.75, 3.05) is 25.7 Å². The van der Waals surface area contributed by atoms with Gasteiger partial charge in [-0.2, -0.15) is 0 Å². The second kappa shape index (κ2) is 11.8. The van der Waals surface area contributed by atoms with Gasteiger partial charge in [-0.1, -0.05) is 80.7 Å². The highest BCUT2D eigenvalue weighted by Crippen LogP contribution is 2.45. The Hall–Kier alpha value is -3.30. The number of esters is 1. The molecular weight excluding hydrogens is 511 g/mol. The number of unbranched alkanes of at least 4 members (excludes halogenated alkanes) is 1. The zero-order valence-corrected chi connectivity index (χ0v) is 24.2. The minimum absolute atomic E-state index is 0.0627. The van der Waals surface area contributed by atoms with Crippen LogP contribution in [0.3, 0.4) is 0 Å². The summed E-state index contributed by atoms with van der Waals surface area (Å²) in [5.74, 6) is -0.393.